The Hall–Kier alpha value is -3.67. The van der Waals surface area contributed by atoms with Crippen LogP contribution in [0.15, 0.2) is 63.8 Å². The Bertz CT molecular complexity index is 1080. The van der Waals surface area contributed by atoms with Crippen LogP contribution in [0.3, 0.4) is 0 Å². The number of rotatable bonds is 4. The van der Waals surface area contributed by atoms with Crippen LogP contribution in [0.1, 0.15) is 26.5 Å². The molecule has 0 aliphatic carbocycles. The number of methoxy groups -OCH3 is 2. The van der Waals surface area contributed by atoms with Gasteiger partial charge in [-0.15, -0.1) is 0 Å². The summed E-state index contributed by atoms with van der Waals surface area (Å²) >= 11 is 0. The molecule has 1 aromatic heterocycles. The van der Waals surface area contributed by atoms with Gasteiger partial charge in [-0.05, 0) is 48.4 Å². The number of esters is 2. The summed E-state index contributed by atoms with van der Waals surface area (Å²) in [6, 6.07) is 15.0. The molecule has 28 heavy (non-hydrogen) atoms. The summed E-state index contributed by atoms with van der Waals surface area (Å²) in [4.78, 5) is 35.9. The third-order valence-corrected chi connectivity index (χ3v) is 4.29. The van der Waals surface area contributed by atoms with Crippen LogP contribution >= 0.6 is 0 Å². The first-order chi connectivity index (χ1) is 13.4. The molecule has 0 aliphatic heterocycles. The average molecular weight is 378 g/mol. The minimum atomic E-state index is -0.488. The fourth-order valence-electron chi connectivity index (χ4n) is 2.91. The van der Waals surface area contributed by atoms with Crippen LogP contribution in [0.2, 0.25) is 0 Å². The first kappa shape index (κ1) is 19.1. The highest BCUT2D eigenvalue weighted by molar-refractivity contribution is 5.92. The molecule has 0 aliphatic rings. The highest BCUT2D eigenvalue weighted by Crippen LogP contribution is 2.31. The van der Waals surface area contributed by atoms with Gasteiger partial charge in [0.1, 0.15) is 5.76 Å². The van der Waals surface area contributed by atoms with Gasteiger partial charge in [0, 0.05) is 5.56 Å². The molecule has 0 amide bonds. The van der Waals surface area contributed by atoms with Crippen molar-refractivity contribution in [3.63, 3.8) is 0 Å². The second-order valence-electron chi connectivity index (χ2n) is 6.07. The number of benzene rings is 2. The molecule has 0 unspecified atom stereocenters. The van der Waals surface area contributed by atoms with E-state index in [2.05, 4.69) is 0 Å². The Kier molecular flexibility index (Phi) is 5.40. The van der Waals surface area contributed by atoms with E-state index in [0.29, 0.717) is 33.6 Å². The molecule has 142 valence electrons. The molecule has 6 heteroatoms. The number of hydrogen-bond donors (Lipinski definition) is 0. The molecule has 0 bridgehead atoms. The number of carbonyl (C=O) groups excluding carboxylic acids is 2. The summed E-state index contributed by atoms with van der Waals surface area (Å²) in [6.07, 6.45) is 0. The normalized spacial score (nSPS) is 10.4. The summed E-state index contributed by atoms with van der Waals surface area (Å²) in [5.74, 6) is -0.429. The predicted molar refractivity (Wildman–Crippen MR) is 103 cm³/mol. The maximum absolute atomic E-state index is 12.6. The lowest BCUT2D eigenvalue weighted by Crippen LogP contribution is -2.07. The zero-order valence-electron chi connectivity index (χ0n) is 15.6. The second kappa shape index (κ2) is 7.92. The van der Waals surface area contributed by atoms with Gasteiger partial charge < -0.3 is 13.9 Å². The quantitative estimate of drug-likeness (QED) is 0.641. The van der Waals surface area contributed by atoms with Gasteiger partial charge in [0.15, 0.2) is 0 Å². The van der Waals surface area contributed by atoms with Crippen molar-refractivity contribution in [1.82, 2.24) is 0 Å². The Labute approximate surface area is 161 Å². The zero-order chi connectivity index (χ0) is 20.3. The first-order valence-electron chi connectivity index (χ1n) is 8.47. The van der Waals surface area contributed by atoms with E-state index in [1.165, 1.54) is 14.2 Å². The molecule has 6 nitrogen and oxygen atoms in total. The van der Waals surface area contributed by atoms with Gasteiger partial charge in [-0.2, -0.15) is 0 Å². The molecule has 0 saturated heterocycles. The van der Waals surface area contributed by atoms with E-state index in [9.17, 15) is 14.4 Å². The number of aryl methyl sites for hydroxylation is 1. The molecule has 2 aromatic carbocycles. The topological polar surface area (TPSA) is 82.8 Å². The maximum Gasteiger partial charge on any atom is 0.344 e. The molecule has 3 aromatic rings. The predicted octanol–water partition coefficient (Wildman–Crippen LogP) is 3.86. The van der Waals surface area contributed by atoms with E-state index < -0.39 is 17.6 Å². The second-order valence-corrected chi connectivity index (χ2v) is 6.07. The smallest absolute Gasteiger partial charge is 0.344 e. The summed E-state index contributed by atoms with van der Waals surface area (Å²) in [7, 11) is 2.62. The van der Waals surface area contributed by atoms with Crippen molar-refractivity contribution in [1.29, 1.82) is 0 Å². The SMILES string of the molecule is COC(=O)c1ccc(-c2cc(C)oc(=O)c2-c2ccc(C(=O)OC)cc2)cc1. The van der Waals surface area contributed by atoms with Crippen LogP contribution in [0, 0.1) is 6.92 Å². The molecule has 0 saturated carbocycles. The molecule has 3 rings (SSSR count). The Morgan fingerprint density at radius 2 is 1.25 bits per heavy atom. The highest BCUT2D eigenvalue weighted by Gasteiger charge is 2.16. The number of hydrogen-bond acceptors (Lipinski definition) is 6. The molecule has 0 radical (unpaired) electrons. The van der Waals surface area contributed by atoms with Gasteiger partial charge in [-0.1, -0.05) is 24.3 Å². The van der Waals surface area contributed by atoms with Gasteiger partial charge in [0.2, 0.25) is 0 Å². The zero-order valence-corrected chi connectivity index (χ0v) is 15.6. The van der Waals surface area contributed by atoms with Gasteiger partial charge in [-0.25, -0.2) is 14.4 Å². The van der Waals surface area contributed by atoms with Crippen LogP contribution in [0.4, 0.5) is 0 Å². The van der Waals surface area contributed by atoms with Crippen LogP contribution in [0.5, 0.6) is 0 Å². The lowest BCUT2D eigenvalue weighted by atomic mass is 9.95. The fourth-order valence-corrected chi connectivity index (χ4v) is 2.91. The number of ether oxygens (including phenoxy) is 2. The minimum Gasteiger partial charge on any atom is -0.465 e. The monoisotopic (exact) mass is 378 g/mol. The molecule has 1 heterocycles. The molecule has 0 atom stereocenters. The van der Waals surface area contributed by atoms with Crippen molar-refractivity contribution in [2.24, 2.45) is 0 Å². The van der Waals surface area contributed by atoms with Gasteiger partial charge in [-0.3, -0.25) is 0 Å². The third kappa shape index (κ3) is 3.71. The number of carbonyl (C=O) groups is 2. The van der Waals surface area contributed by atoms with Crippen LogP contribution in [-0.2, 0) is 9.47 Å². The maximum atomic E-state index is 12.6. The van der Waals surface area contributed by atoms with Crippen LogP contribution < -0.4 is 5.63 Å². The molecule has 0 fully saturated rings. The Morgan fingerprint density at radius 1 is 0.786 bits per heavy atom. The van der Waals surface area contributed by atoms with Crippen LogP contribution in [-0.4, -0.2) is 26.2 Å². The van der Waals surface area contributed by atoms with E-state index in [1.807, 2.05) is 0 Å². The molecular weight excluding hydrogens is 360 g/mol. The van der Waals surface area contributed by atoms with Crippen molar-refractivity contribution in [3.8, 4) is 22.3 Å². The van der Waals surface area contributed by atoms with Crippen molar-refractivity contribution < 1.29 is 23.5 Å². The van der Waals surface area contributed by atoms with Gasteiger partial charge in [0.25, 0.3) is 0 Å². The van der Waals surface area contributed by atoms with E-state index in [-0.39, 0.29) is 0 Å². The summed E-state index contributed by atoms with van der Waals surface area (Å²) in [5, 5.41) is 0. The van der Waals surface area contributed by atoms with Crippen molar-refractivity contribution in [2.45, 2.75) is 6.92 Å². The lowest BCUT2D eigenvalue weighted by molar-refractivity contribution is 0.0592. The Balaban J connectivity index is 2.11. The van der Waals surface area contributed by atoms with E-state index >= 15 is 0 Å². The van der Waals surface area contributed by atoms with E-state index in [1.54, 1.807) is 61.5 Å². The van der Waals surface area contributed by atoms with E-state index in [0.717, 1.165) is 5.56 Å². The van der Waals surface area contributed by atoms with Crippen molar-refractivity contribution in [3.05, 3.63) is 81.9 Å². The minimum absolute atomic E-state index is 0.368. The van der Waals surface area contributed by atoms with Crippen molar-refractivity contribution in [2.75, 3.05) is 14.2 Å². The van der Waals surface area contributed by atoms with Crippen molar-refractivity contribution >= 4 is 11.9 Å². The molecule has 0 N–H and O–H groups in total. The van der Waals surface area contributed by atoms with Crippen LogP contribution in [0.25, 0.3) is 22.3 Å². The van der Waals surface area contributed by atoms with Gasteiger partial charge in [0.05, 0.1) is 30.9 Å². The first-order valence-corrected chi connectivity index (χ1v) is 8.47. The summed E-state index contributed by atoms with van der Waals surface area (Å²) < 4.78 is 14.7. The average Bonchev–Trinajstić information content (AvgIpc) is 2.72. The largest absolute Gasteiger partial charge is 0.465 e. The standard InChI is InChI=1S/C22H18O6/c1-13-12-18(14-4-8-16(9-5-14)20(23)26-2)19(22(25)28-13)15-6-10-17(11-7-15)21(24)27-3/h4-12H,1-3H3. The summed E-state index contributed by atoms with van der Waals surface area (Å²) in [6.45, 7) is 1.69. The highest BCUT2D eigenvalue weighted by atomic mass is 16.5. The summed E-state index contributed by atoms with van der Waals surface area (Å²) in [5.41, 5.74) is 2.69. The third-order valence-electron chi connectivity index (χ3n) is 4.29. The Morgan fingerprint density at radius 3 is 1.71 bits per heavy atom. The van der Waals surface area contributed by atoms with E-state index in [4.69, 9.17) is 13.9 Å². The molecule has 0 spiro atoms. The molecular formula is C22H18O6. The lowest BCUT2D eigenvalue weighted by Gasteiger charge is -2.11. The fraction of sp³-hybridized carbons (Fsp3) is 0.136. The van der Waals surface area contributed by atoms with Gasteiger partial charge >= 0.3 is 17.6 Å².